The number of hydrogen-bond acceptors (Lipinski definition) is 1. The van der Waals surface area contributed by atoms with Crippen LogP contribution in [0.15, 0.2) is 0 Å². The molecule has 0 heterocycles. The minimum Gasteiger partial charge on any atom is -0.299 e. The standard InChI is InChI=1S/C10H22ClN/c1-4-8-12(9-7-11)10(5-2)6-3/h10H,4-9H2,1-3H3. The lowest BCUT2D eigenvalue weighted by Crippen LogP contribution is -2.36. The van der Waals surface area contributed by atoms with Gasteiger partial charge in [-0.05, 0) is 25.8 Å². The van der Waals surface area contributed by atoms with Crippen LogP contribution >= 0.6 is 11.6 Å². The van der Waals surface area contributed by atoms with Gasteiger partial charge in [0.2, 0.25) is 0 Å². The molecule has 0 aromatic carbocycles. The molecule has 0 atom stereocenters. The Labute approximate surface area is 82.1 Å². The molecule has 0 amide bonds. The van der Waals surface area contributed by atoms with E-state index in [-0.39, 0.29) is 0 Å². The molecule has 2 heteroatoms. The summed E-state index contributed by atoms with van der Waals surface area (Å²) in [5.74, 6) is 0.760. The fraction of sp³-hybridized carbons (Fsp3) is 1.00. The molecule has 0 aromatic heterocycles. The first kappa shape index (κ1) is 12.2. The van der Waals surface area contributed by atoms with Crippen molar-refractivity contribution in [3.8, 4) is 0 Å². The first-order chi connectivity index (χ1) is 5.79. The largest absolute Gasteiger partial charge is 0.299 e. The molecule has 0 aliphatic heterocycles. The van der Waals surface area contributed by atoms with Crippen molar-refractivity contribution in [3.63, 3.8) is 0 Å². The molecule has 0 aromatic rings. The van der Waals surface area contributed by atoms with Crippen molar-refractivity contribution < 1.29 is 0 Å². The maximum absolute atomic E-state index is 5.75. The Balaban J connectivity index is 3.86. The summed E-state index contributed by atoms with van der Waals surface area (Å²) in [5.41, 5.74) is 0. The van der Waals surface area contributed by atoms with Crippen molar-refractivity contribution in [2.24, 2.45) is 0 Å². The van der Waals surface area contributed by atoms with Gasteiger partial charge in [-0.3, -0.25) is 4.90 Å². The molecular weight excluding hydrogens is 170 g/mol. The number of hydrogen-bond donors (Lipinski definition) is 0. The zero-order chi connectivity index (χ0) is 9.40. The van der Waals surface area contributed by atoms with Gasteiger partial charge in [-0.25, -0.2) is 0 Å². The van der Waals surface area contributed by atoms with Crippen LogP contribution in [0.25, 0.3) is 0 Å². The second-order valence-corrected chi connectivity index (χ2v) is 3.57. The van der Waals surface area contributed by atoms with Crippen LogP contribution in [0.4, 0.5) is 0 Å². The zero-order valence-electron chi connectivity index (χ0n) is 8.65. The fourth-order valence-corrected chi connectivity index (χ4v) is 1.89. The van der Waals surface area contributed by atoms with Gasteiger partial charge in [-0.1, -0.05) is 20.8 Å². The Kier molecular flexibility index (Phi) is 8.04. The average molecular weight is 192 g/mol. The molecule has 1 nitrogen and oxygen atoms in total. The van der Waals surface area contributed by atoms with Crippen LogP contribution in [-0.2, 0) is 0 Å². The van der Waals surface area contributed by atoms with Gasteiger partial charge in [0.05, 0.1) is 0 Å². The topological polar surface area (TPSA) is 3.24 Å². The lowest BCUT2D eigenvalue weighted by molar-refractivity contribution is 0.197. The normalized spacial score (nSPS) is 11.5. The second kappa shape index (κ2) is 7.88. The van der Waals surface area contributed by atoms with E-state index in [1.54, 1.807) is 0 Å². The summed E-state index contributed by atoms with van der Waals surface area (Å²) in [7, 11) is 0. The van der Waals surface area contributed by atoms with Crippen LogP contribution in [0.5, 0.6) is 0 Å². The van der Waals surface area contributed by atoms with Crippen molar-refractivity contribution in [3.05, 3.63) is 0 Å². The number of alkyl halides is 1. The summed E-state index contributed by atoms with van der Waals surface area (Å²) < 4.78 is 0. The van der Waals surface area contributed by atoms with Gasteiger partial charge in [0.25, 0.3) is 0 Å². The maximum atomic E-state index is 5.75. The van der Waals surface area contributed by atoms with E-state index in [1.807, 2.05) is 0 Å². The number of nitrogens with zero attached hydrogens (tertiary/aromatic N) is 1. The van der Waals surface area contributed by atoms with Crippen LogP contribution in [0.2, 0.25) is 0 Å². The molecule has 74 valence electrons. The lowest BCUT2D eigenvalue weighted by Gasteiger charge is -2.29. The van der Waals surface area contributed by atoms with E-state index in [1.165, 1.54) is 25.8 Å². The third kappa shape index (κ3) is 4.32. The third-order valence-electron chi connectivity index (χ3n) is 2.34. The van der Waals surface area contributed by atoms with Crippen molar-refractivity contribution in [1.82, 2.24) is 4.90 Å². The highest BCUT2D eigenvalue weighted by Gasteiger charge is 2.12. The van der Waals surface area contributed by atoms with E-state index in [2.05, 4.69) is 25.7 Å². The Hall–Kier alpha value is 0.250. The van der Waals surface area contributed by atoms with Crippen molar-refractivity contribution >= 4 is 11.6 Å². The van der Waals surface area contributed by atoms with Crippen molar-refractivity contribution in [2.45, 2.75) is 46.1 Å². The van der Waals surface area contributed by atoms with Crippen LogP contribution in [0.1, 0.15) is 40.0 Å². The van der Waals surface area contributed by atoms with Crippen molar-refractivity contribution in [2.75, 3.05) is 19.0 Å². The fourth-order valence-electron chi connectivity index (χ4n) is 1.68. The quantitative estimate of drug-likeness (QED) is 0.559. The Morgan fingerprint density at radius 3 is 2.00 bits per heavy atom. The van der Waals surface area contributed by atoms with Crippen LogP contribution in [0, 0.1) is 0 Å². The van der Waals surface area contributed by atoms with Gasteiger partial charge in [-0.15, -0.1) is 11.6 Å². The monoisotopic (exact) mass is 191 g/mol. The van der Waals surface area contributed by atoms with Crippen LogP contribution in [0.3, 0.4) is 0 Å². The first-order valence-electron chi connectivity index (χ1n) is 5.10. The van der Waals surface area contributed by atoms with Gasteiger partial charge in [0.1, 0.15) is 0 Å². The molecule has 0 unspecified atom stereocenters. The molecule has 12 heavy (non-hydrogen) atoms. The van der Waals surface area contributed by atoms with E-state index >= 15 is 0 Å². The van der Waals surface area contributed by atoms with Crippen LogP contribution in [-0.4, -0.2) is 29.9 Å². The van der Waals surface area contributed by atoms with Crippen molar-refractivity contribution in [1.29, 1.82) is 0 Å². The zero-order valence-corrected chi connectivity index (χ0v) is 9.40. The highest BCUT2D eigenvalue weighted by Crippen LogP contribution is 2.08. The van der Waals surface area contributed by atoms with Crippen LogP contribution < -0.4 is 0 Å². The van der Waals surface area contributed by atoms with Gasteiger partial charge < -0.3 is 0 Å². The summed E-state index contributed by atoms with van der Waals surface area (Å²) in [4.78, 5) is 2.51. The average Bonchev–Trinajstić information content (AvgIpc) is 2.07. The smallest absolute Gasteiger partial charge is 0.0351 e. The van der Waals surface area contributed by atoms with Gasteiger partial charge in [0, 0.05) is 18.5 Å². The van der Waals surface area contributed by atoms with E-state index in [0.717, 1.165) is 18.5 Å². The molecule has 0 aliphatic rings. The molecule has 0 radical (unpaired) electrons. The molecule has 0 saturated carbocycles. The Morgan fingerprint density at radius 1 is 1.08 bits per heavy atom. The summed E-state index contributed by atoms with van der Waals surface area (Å²) in [6.07, 6.45) is 3.72. The number of halogens is 1. The second-order valence-electron chi connectivity index (χ2n) is 3.20. The summed E-state index contributed by atoms with van der Waals surface area (Å²) >= 11 is 5.75. The summed E-state index contributed by atoms with van der Waals surface area (Å²) in [6, 6.07) is 0.740. The Bertz CT molecular complexity index is 85.8. The van der Waals surface area contributed by atoms with E-state index in [9.17, 15) is 0 Å². The molecule has 0 bridgehead atoms. The maximum Gasteiger partial charge on any atom is 0.0351 e. The van der Waals surface area contributed by atoms with Gasteiger partial charge in [-0.2, -0.15) is 0 Å². The minimum atomic E-state index is 0.740. The third-order valence-corrected chi connectivity index (χ3v) is 2.51. The van der Waals surface area contributed by atoms with E-state index in [4.69, 9.17) is 11.6 Å². The molecular formula is C10H22ClN. The predicted octanol–water partition coefficient (Wildman–Crippen LogP) is 3.13. The highest BCUT2D eigenvalue weighted by molar-refractivity contribution is 6.18. The predicted molar refractivity (Wildman–Crippen MR) is 57.0 cm³/mol. The molecule has 0 fully saturated rings. The highest BCUT2D eigenvalue weighted by atomic mass is 35.5. The molecule has 0 N–H and O–H groups in total. The molecule has 0 spiro atoms. The first-order valence-corrected chi connectivity index (χ1v) is 5.63. The minimum absolute atomic E-state index is 0.740. The number of rotatable bonds is 7. The van der Waals surface area contributed by atoms with E-state index < -0.39 is 0 Å². The molecule has 0 aliphatic carbocycles. The summed E-state index contributed by atoms with van der Waals surface area (Å²) in [5, 5.41) is 0. The van der Waals surface area contributed by atoms with E-state index in [0.29, 0.717) is 0 Å². The Morgan fingerprint density at radius 2 is 1.67 bits per heavy atom. The molecule has 0 rings (SSSR count). The lowest BCUT2D eigenvalue weighted by atomic mass is 10.1. The summed E-state index contributed by atoms with van der Waals surface area (Å²) in [6.45, 7) is 8.97. The molecule has 0 saturated heterocycles. The van der Waals surface area contributed by atoms with Gasteiger partial charge >= 0.3 is 0 Å². The van der Waals surface area contributed by atoms with Gasteiger partial charge in [0.15, 0.2) is 0 Å². The SMILES string of the molecule is CCCN(CCCl)C(CC)CC.